The highest BCUT2D eigenvalue weighted by atomic mass is 16.8. The number of ether oxygens (including phenoxy) is 6. The molecular formula is C33H38O20. The van der Waals surface area contributed by atoms with Gasteiger partial charge in [-0.15, -0.1) is 0 Å². The van der Waals surface area contributed by atoms with E-state index in [1.807, 2.05) is 0 Å². The monoisotopic (exact) mass is 754 g/mol. The Morgan fingerprint density at radius 3 is 2.34 bits per heavy atom. The maximum absolute atomic E-state index is 14.1. The first-order chi connectivity index (χ1) is 24.9. The topological polar surface area (TPSA) is 322 Å². The van der Waals surface area contributed by atoms with Crippen molar-refractivity contribution >= 4 is 22.9 Å². The van der Waals surface area contributed by atoms with Gasteiger partial charge < -0.3 is 83.9 Å². The standard InChI is InChI=1S/C33H38O20/c1-32(45,8-20(38)39)9-21(40)48-10-19-23(41)25(43)28(53-31-29(44)33(46,11-34)12-49-31)30(51-19)52-27-24(42)22-17(37)6-14(47-2)7-18(22)50-26(27)13-3-4-15(35)16(36)5-13/h3-7,19,23,25,28-31,34-37,41,43-46H,8-12H2,1-2H3,(H,38,39)/t19-,23+,25+,28-,29+,30+,31+,32?,33?/m1/s1. The summed E-state index contributed by atoms with van der Waals surface area (Å²) in [4.78, 5) is 37.6. The van der Waals surface area contributed by atoms with E-state index in [4.69, 9.17) is 37.9 Å². The predicted octanol–water partition coefficient (Wildman–Crippen LogP) is -1.60. The lowest BCUT2D eigenvalue weighted by molar-refractivity contribution is -0.319. The van der Waals surface area contributed by atoms with Crippen LogP contribution in [0, 0.1) is 0 Å². The number of benzene rings is 2. The van der Waals surface area contributed by atoms with Crippen LogP contribution in [0.2, 0.25) is 0 Å². The summed E-state index contributed by atoms with van der Waals surface area (Å²) in [5.74, 6) is -5.46. The molecule has 5 rings (SSSR count). The summed E-state index contributed by atoms with van der Waals surface area (Å²) < 4.78 is 39.0. The summed E-state index contributed by atoms with van der Waals surface area (Å²) in [5, 5.41) is 103. The molecule has 0 aliphatic carbocycles. The van der Waals surface area contributed by atoms with Crippen molar-refractivity contribution < 1.29 is 93.5 Å². The molecule has 0 bridgehead atoms. The summed E-state index contributed by atoms with van der Waals surface area (Å²) in [6, 6.07) is 5.63. The minimum atomic E-state index is -2.20. The Morgan fingerprint density at radius 2 is 1.72 bits per heavy atom. The number of rotatable bonds is 13. The molecule has 2 aliphatic rings. The van der Waals surface area contributed by atoms with Crippen LogP contribution in [0.3, 0.4) is 0 Å². The number of fused-ring (bicyclic) bond motifs is 1. The molecule has 1 aromatic heterocycles. The van der Waals surface area contributed by atoms with Crippen molar-refractivity contribution in [1.29, 1.82) is 0 Å². The van der Waals surface area contributed by atoms with Crippen molar-refractivity contribution in [2.45, 2.75) is 74.1 Å². The number of phenols is 3. The molecule has 2 fully saturated rings. The minimum Gasteiger partial charge on any atom is -0.507 e. The lowest BCUT2D eigenvalue weighted by Gasteiger charge is -2.42. The molecule has 0 amide bonds. The molecule has 0 saturated carbocycles. The Hall–Kier alpha value is -4.77. The summed E-state index contributed by atoms with van der Waals surface area (Å²) >= 11 is 0. The number of hydrogen-bond acceptors (Lipinski definition) is 19. The highest BCUT2D eigenvalue weighted by molar-refractivity contribution is 5.88. The number of aromatic hydroxyl groups is 3. The van der Waals surface area contributed by atoms with Gasteiger partial charge in [0.05, 0.1) is 38.8 Å². The normalized spacial score (nSPS) is 28.3. The lowest BCUT2D eigenvalue weighted by Crippen LogP contribution is -2.62. The Morgan fingerprint density at radius 1 is 1.00 bits per heavy atom. The van der Waals surface area contributed by atoms with Crippen LogP contribution in [0.25, 0.3) is 22.3 Å². The van der Waals surface area contributed by atoms with Gasteiger partial charge in [-0.05, 0) is 25.1 Å². The fourth-order valence-electron chi connectivity index (χ4n) is 5.73. The quantitative estimate of drug-likeness (QED) is 0.0693. The lowest BCUT2D eigenvalue weighted by atomic mass is 9.97. The van der Waals surface area contributed by atoms with Gasteiger partial charge in [0.25, 0.3) is 0 Å². The van der Waals surface area contributed by atoms with Crippen molar-refractivity contribution in [2.75, 3.05) is 26.9 Å². The van der Waals surface area contributed by atoms with E-state index in [1.165, 1.54) is 19.2 Å². The van der Waals surface area contributed by atoms with E-state index in [0.717, 1.165) is 25.1 Å². The summed E-state index contributed by atoms with van der Waals surface area (Å²) in [5.41, 5.74) is -5.59. The first-order valence-corrected chi connectivity index (χ1v) is 15.8. The van der Waals surface area contributed by atoms with Gasteiger partial charge in [0.2, 0.25) is 17.5 Å². The maximum Gasteiger partial charge on any atom is 0.308 e. The van der Waals surface area contributed by atoms with Gasteiger partial charge in [-0.2, -0.15) is 0 Å². The van der Waals surface area contributed by atoms with E-state index in [1.54, 1.807) is 0 Å². The summed E-state index contributed by atoms with van der Waals surface area (Å²) in [7, 11) is 1.29. The van der Waals surface area contributed by atoms with Crippen LogP contribution in [-0.2, 0) is 28.5 Å². The molecule has 9 atom stereocenters. The molecule has 2 aromatic carbocycles. The summed E-state index contributed by atoms with van der Waals surface area (Å²) in [6.45, 7) is -1.37. The number of phenolic OH excluding ortho intramolecular Hbond substituents is 3. The van der Waals surface area contributed by atoms with Gasteiger partial charge in [-0.1, -0.05) is 0 Å². The number of carboxylic acid groups (broad SMARTS) is 1. The Bertz CT molecular complexity index is 1890. The van der Waals surface area contributed by atoms with Gasteiger partial charge in [0.1, 0.15) is 59.1 Å². The molecule has 0 spiro atoms. The third-order valence-corrected chi connectivity index (χ3v) is 8.60. The fourth-order valence-corrected chi connectivity index (χ4v) is 5.73. The number of hydrogen-bond donors (Lipinski definition) is 10. The van der Waals surface area contributed by atoms with Crippen LogP contribution in [0.1, 0.15) is 19.8 Å². The third-order valence-electron chi connectivity index (χ3n) is 8.60. The van der Waals surface area contributed by atoms with E-state index in [0.29, 0.717) is 0 Å². The van der Waals surface area contributed by atoms with Crippen molar-refractivity contribution in [3.8, 4) is 40.1 Å². The van der Waals surface area contributed by atoms with Gasteiger partial charge in [-0.25, -0.2) is 0 Å². The molecule has 2 unspecified atom stereocenters. The second kappa shape index (κ2) is 15.3. The molecule has 20 nitrogen and oxygen atoms in total. The minimum absolute atomic E-state index is 0.0762. The van der Waals surface area contributed by atoms with Crippen molar-refractivity contribution in [1.82, 2.24) is 0 Å². The van der Waals surface area contributed by atoms with E-state index in [2.05, 4.69) is 0 Å². The fraction of sp³-hybridized carbons (Fsp3) is 0.485. The summed E-state index contributed by atoms with van der Waals surface area (Å²) in [6.07, 6.45) is -15.0. The molecule has 3 aromatic rings. The number of aliphatic carboxylic acids is 1. The van der Waals surface area contributed by atoms with Crippen LogP contribution in [0.15, 0.2) is 39.5 Å². The molecule has 290 valence electrons. The zero-order chi connectivity index (χ0) is 39.0. The van der Waals surface area contributed by atoms with Crippen LogP contribution in [0.4, 0.5) is 0 Å². The first-order valence-electron chi connectivity index (χ1n) is 15.8. The average molecular weight is 755 g/mol. The second-order valence-corrected chi connectivity index (χ2v) is 12.9. The number of aliphatic hydroxyl groups is 6. The van der Waals surface area contributed by atoms with Crippen molar-refractivity contribution in [3.05, 3.63) is 40.6 Å². The predicted molar refractivity (Wildman–Crippen MR) is 172 cm³/mol. The number of esters is 1. The van der Waals surface area contributed by atoms with Crippen molar-refractivity contribution in [3.63, 3.8) is 0 Å². The number of carboxylic acids is 1. The molecule has 0 radical (unpaired) electrons. The van der Waals surface area contributed by atoms with Crippen LogP contribution < -0.4 is 14.9 Å². The second-order valence-electron chi connectivity index (χ2n) is 12.9. The van der Waals surface area contributed by atoms with E-state index < -0.39 is 138 Å². The Balaban J connectivity index is 1.56. The molecule has 2 aliphatic heterocycles. The number of carbonyl (C=O) groups is 2. The smallest absolute Gasteiger partial charge is 0.308 e. The van der Waals surface area contributed by atoms with E-state index in [9.17, 15) is 60.3 Å². The molecular weight excluding hydrogens is 716 g/mol. The van der Waals surface area contributed by atoms with E-state index in [-0.39, 0.29) is 16.9 Å². The third kappa shape index (κ3) is 8.25. The Kier molecular flexibility index (Phi) is 11.4. The molecule has 10 N–H and O–H groups in total. The number of carbonyl (C=O) groups excluding carboxylic acids is 1. The van der Waals surface area contributed by atoms with Crippen molar-refractivity contribution in [2.24, 2.45) is 0 Å². The number of aliphatic hydroxyl groups excluding tert-OH is 4. The van der Waals surface area contributed by atoms with E-state index >= 15 is 0 Å². The first kappa shape index (κ1) is 39.4. The highest BCUT2D eigenvalue weighted by Crippen LogP contribution is 2.40. The highest BCUT2D eigenvalue weighted by Gasteiger charge is 2.54. The molecule has 53 heavy (non-hydrogen) atoms. The zero-order valence-corrected chi connectivity index (χ0v) is 28.0. The largest absolute Gasteiger partial charge is 0.507 e. The SMILES string of the molecule is COc1cc(O)c2c(=O)c(O[C@@H]3O[C@H](COC(=O)CC(C)(O)CC(=O)O)[C@H](O)[C@H](O)[C@H]3O[C@@H]3OCC(O)(CO)[C@H]3O)c(-c3ccc(O)c(O)c3)oc2c1. The molecule has 3 heterocycles. The van der Waals surface area contributed by atoms with Gasteiger partial charge in [-0.3, -0.25) is 14.4 Å². The van der Waals surface area contributed by atoms with Gasteiger partial charge in [0, 0.05) is 17.7 Å². The van der Waals surface area contributed by atoms with Crippen LogP contribution in [-0.4, -0.2) is 144 Å². The van der Waals surface area contributed by atoms with Gasteiger partial charge >= 0.3 is 11.9 Å². The van der Waals surface area contributed by atoms with Crippen LogP contribution in [0.5, 0.6) is 28.7 Å². The molecule has 20 heteroatoms. The Labute approximate surface area is 298 Å². The molecule has 2 saturated heterocycles. The zero-order valence-electron chi connectivity index (χ0n) is 28.0. The number of methoxy groups -OCH3 is 1. The average Bonchev–Trinajstić information content (AvgIpc) is 3.37. The maximum atomic E-state index is 14.1. The van der Waals surface area contributed by atoms with Gasteiger partial charge in [0.15, 0.2) is 29.7 Å². The van der Waals surface area contributed by atoms with Crippen LogP contribution >= 0.6 is 0 Å².